The lowest BCUT2D eigenvalue weighted by Gasteiger charge is -2.34. The van der Waals surface area contributed by atoms with Gasteiger partial charge in [0.2, 0.25) is 5.95 Å². The van der Waals surface area contributed by atoms with Gasteiger partial charge in [-0.05, 0) is 43.9 Å². The first kappa shape index (κ1) is 19.4. The number of carbonyl (C=O) groups excluding carboxylic acids is 2. The van der Waals surface area contributed by atoms with Gasteiger partial charge < -0.3 is 19.1 Å². The average Bonchev–Trinajstić information content (AvgIpc) is 3.28. The quantitative estimate of drug-likeness (QED) is 0.790. The Morgan fingerprint density at radius 2 is 1.66 bits per heavy atom. The van der Waals surface area contributed by atoms with Crippen LogP contribution in [0, 0.1) is 12.8 Å². The van der Waals surface area contributed by atoms with Gasteiger partial charge in [-0.15, -0.1) is 0 Å². The Kier molecular flexibility index (Phi) is 5.51. The van der Waals surface area contributed by atoms with Gasteiger partial charge in [0.05, 0.1) is 6.26 Å². The van der Waals surface area contributed by atoms with Gasteiger partial charge in [0.1, 0.15) is 5.69 Å². The predicted molar refractivity (Wildman–Crippen MR) is 108 cm³/mol. The summed E-state index contributed by atoms with van der Waals surface area (Å²) in [7, 11) is 0. The molecule has 8 heteroatoms. The molecule has 0 unspecified atom stereocenters. The second-order valence-corrected chi connectivity index (χ2v) is 7.93. The fourth-order valence-electron chi connectivity index (χ4n) is 3.84. The van der Waals surface area contributed by atoms with Gasteiger partial charge in [0, 0.05) is 45.0 Å². The van der Waals surface area contributed by atoms with Crippen molar-refractivity contribution in [3.8, 4) is 0 Å². The molecule has 2 aliphatic heterocycles. The van der Waals surface area contributed by atoms with Gasteiger partial charge in [-0.1, -0.05) is 6.92 Å². The molecule has 154 valence electrons. The van der Waals surface area contributed by atoms with E-state index in [1.54, 1.807) is 28.0 Å². The third-order valence-electron chi connectivity index (χ3n) is 5.71. The third-order valence-corrected chi connectivity index (χ3v) is 5.71. The Labute approximate surface area is 170 Å². The molecule has 0 bridgehead atoms. The molecule has 4 heterocycles. The van der Waals surface area contributed by atoms with Gasteiger partial charge in [0.15, 0.2) is 5.76 Å². The summed E-state index contributed by atoms with van der Waals surface area (Å²) < 4.78 is 5.19. The summed E-state index contributed by atoms with van der Waals surface area (Å²) in [6.45, 7) is 7.92. The summed E-state index contributed by atoms with van der Waals surface area (Å²) in [6, 6.07) is 5.11. The number of aromatic nitrogens is 2. The summed E-state index contributed by atoms with van der Waals surface area (Å²) in [6.07, 6.45) is 3.73. The average molecular weight is 397 g/mol. The predicted octanol–water partition coefficient (Wildman–Crippen LogP) is 2.21. The van der Waals surface area contributed by atoms with E-state index < -0.39 is 0 Å². The van der Waals surface area contributed by atoms with Crippen LogP contribution < -0.4 is 4.90 Å². The number of amides is 2. The highest BCUT2D eigenvalue weighted by atomic mass is 16.3. The third kappa shape index (κ3) is 4.26. The standard InChI is InChI=1S/C21H27N5O3/c1-15-5-7-26(8-6-15)21-22-16(2)14-17(23-21)19(27)24-9-11-25(12-10-24)20(28)18-4-3-13-29-18/h3-4,13-15H,5-12H2,1-2H3. The van der Waals surface area contributed by atoms with E-state index in [0.717, 1.165) is 37.5 Å². The smallest absolute Gasteiger partial charge is 0.289 e. The molecule has 0 spiro atoms. The van der Waals surface area contributed by atoms with Crippen molar-refractivity contribution < 1.29 is 14.0 Å². The van der Waals surface area contributed by atoms with Crippen molar-refractivity contribution in [1.82, 2.24) is 19.8 Å². The first-order valence-corrected chi connectivity index (χ1v) is 10.2. The molecule has 8 nitrogen and oxygen atoms in total. The Balaban J connectivity index is 1.41. The molecule has 0 aromatic carbocycles. The number of carbonyl (C=O) groups is 2. The van der Waals surface area contributed by atoms with E-state index in [-0.39, 0.29) is 11.8 Å². The van der Waals surface area contributed by atoms with Crippen molar-refractivity contribution in [3.05, 3.63) is 41.6 Å². The van der Waals surface area contributed by atoms with Crippen molar-refractivity contribution in [2.24, 2.45) is 5.92 Å². The van der Waals surface area contributed by atoms with Crippen LogP contribution in [-0.4, -0.2) is 70.9 Å². The van der Waals surface area contributed by atoms with Crippen molar-refractivity contribution in [2.45, 2.75) is 26.7 Å². The maximum absolute atomic E-state index is 13.0. The molecule has 4 rings (SSSR count). The van der Waals surface area contributed by atoms with E-state index in [0.29, 0.717) is 43.6 Å². The fourth-order valence-corrected chi connectivity index (χ4v) is 3.84. The molecule has 2 aromatic rings. The molecule has 2 saturated heterocycles. The van der Waals surface area contributed by atoms with Gasteiger partial charge in [-0.25, -0.2) is 9.97 Å². The molecular formula is C21H27N5O3. The Bertz CT molecular complexity index is 866. The minimum Gasteiger partial charge on any atom is -0.459 e. The van der Waals surface area contributed by atoms with Crippen LogP contribution in [0.2, 0.25) is 0 Å². The molecule has 0 N–H and O–H groups in total. The van der Waals surface area contributed by atoms with Crippen molar-refractivity contribution >= 4 is 17.8 Å². The monoisotopic (exact) mass is 397 g/mol. The van der Waals surface area contributed by atoms with E-state index >= 15 is 0 Å². The Morgan fingerprint density at radius 3 is 2.28 bits per heavy atom. The van der Waals surface area contributed by atoms with E-state index in [1.807, 2.05) is 6.92 Å². The zero-order chi connectivity index (χ0) is 20.4. The summed E-state index contributed by atoms with van der Waals surface area (Å²) in [4.78, 5) is 40.2. The lowest BCUT2D eigenvalue weighted by atomic mass is 10.00. The second-order valence-electron chi connectivity index (χ2n) is 7.93. The summed E-state index contributed by atoms with van der Waals surface area (Å²) in [5.74, 6) is 1.45. The zero-order valence-electron chi connectivity index (χ0n) is 17.0. The molecule has 0 atom stereocenters. The SMILES string of the molecule is Cc1cc(C(=O)N2CCN(C(=O)c3ccco3)CC2)nc(N2CCC(C)CC2)n1. The number of hydrogen-bond donors (Lipinski definition) is 0. The molecule has 2 aromatic heterocycles. The largest absolute Gasteiger partial charge is 0.459 e. The maximum atomic E-state index is 13.0. The van der Waals surface area contributed by atoms with Crippen LogP contribution in [0.4, 0.5) is 5.95 Å². The van der Waals surface area contributed by atoms with Crippen molar-refractivity contribution in [2.75, 3.05) is 44.2 Å². The lowest BCUT2D eigenvalue weighted by molar-refractivity contribution is 0.0515. The van der Waals surface area contributed by atoms with E-state index in [1.165, 1.54) is 6.26 Å². The Morgan fingerprint density at radius 1 is 1.00 bits per heavy atom. The van der Waals surface area contributed by atoms with Crippen LogP contribution in [0.15, 0.2) is 28.9 Å². The number of hydrogen-bond acceptors (Lipinski definition) is 6. The summed E-state index contributed by atoms with van der Waals surface area (Å²) >= 11 is 0. The van der Waals surface area contributed by atoms with Crippen LogP contribution in [0.5, 0.6) is 0 Å². The normalized spacial score (nSPS) is 18.2. The molecule has 2 aliphatic rings. The van der Waals surface area contributed by atoms with Crippen LogP contribution in [0.25, 0.3) is 0 Å². The zero-order valence-corrected chi connectivity index (χ0v) is 17.0. The molecule has 0 radical (unpaired) electrons. The highest BCUT2D eigenvalue weighted by Gasteiger charge is 2.28. The topological polar surface area (TPSA) is 82.8 Å². The maximum Gasteiger partial charge on any atom is 0.289 e. The molecule has 29 heavy (non-hydrogen) atoms. The highest BCUT2D eigenvalue weighted by Crippen LogP contribution is 2.21. The molecule has 0 aliphatic carbocycles. The van der Waals surface area contributed by atoms with Crippen LogP contribution in [0.1, 0.15) is 46.5 Å². The van der Waals surface area contributed by atoms with Crippen molar-refractivity contribution in [3.63, 3.8) is 0 Å². The fraction of sp³-hybridized carbons (Fsp3) is 0.524. The first-order chi connectivity index (χ1) is 14.0. The minimum atomic E-state index is -0.137. The molecule has 0 saturated carbocycles. The van der Waals surface area contributed by atoms with E-state index in [4.69, 9.17) is 4.42 Å². The van der Waals surface area contributed by atoms with Crippen LogP contribution >= 0.6 is 0 Å². The van der Waals surface area contributed by atoms with Gasteiger partial charge in [-0.3, -0.25) is 9.59 Å². The minimum absolute atomic E-state index is 0.104. The number of nitrogens with zero attached hydrogens (tertiary/aromatic N) is 5. The number of piperidine rings is 1. The van der Waals surface area contributed by atoms with E-state index in [9.17, 15) is 9.59 Å². The number of piperazine rings is 1. The second kappa shape index (κ2) is 8.23. The number of rotatable bonds is 3. The molecule has 2 fully saturated rings. The molecular weight excluding hydrogens is 370 g/mol. The van der Waals surface area contributed by atoms with Gasteiger partial charge in [-0.2, -0.15) is 0 Å². The first-order valence-electron chi connectivity index (χ1n) is 10.2. The van der Waals surface area contributed by atoms with Crippen LogP contribution in [0.3, 0.4) is 0 Å². The van der Waals surface area contributed by atoms with Crippen molar-refractivity contribution in [1.29, 1.82) is 0 Å². The summed E-state index contributed by atoms with van der Waals surface area (Å²) in [5.41, 5.74) is 1.22. The van der Waals surface area contributed by atoms with Gasteiger partial charge >= 0.3 is 0 Å². The number of furan rings is 1. The van der Waals surface area contributed by atoms with E-state index in [2.05, 4.69) is 21.8 Å². The lowest BCUT2D eigenvalue weighted by Crippen LogP contribution is -2.50. The summed E-state index contributed by atoms with van der Waals surface area (Å²) in [5, 5.41) is 0. The highest BCUT2D eigenvalue weighted by molar-refractivity contribution is 5.94. The molecule has 2 amide bonds. The van der Waals surface area contributed by atoms with Crippen LogP contribution in [-0.2, 0) is 0 Å². The number of anilines is 1. The number of aryl methyl sites for hydroxylation is 1. The Hall–Kier alpha value is -2.90. The van der Waals surface area contributed by atoms with Gasteiger partial charge in [0.25, 0.3) is 11.8 Å².